The van der Waals surface area contributed by atoms with Gasteiger partial charge in [0.1, 0.15) is 5.41 Å². The maximum absolute atomic E-state index is 14.4. The van der Waals surface area contributed by atoms with E-state index in [2.05, 4.69) is 10.9 Å². The van der Waals surface area contributed by atoms with E-state index in [1.54, 1.807) is 72.8 Å². The van der Waals surface area contributed by atoms with Gasteiger partial charge in [-0.2, -0.15) is 18.4 Å². The normalized spacial score (nSPS) is 12.9. The van der Waals surface area contributed by atoms with Crippen molar-refractivity contribution >= 4 is 5.69 Å². The van der Waals surface area contributed by atoms with Gasteiger partial charge in [-0.3, -0.25) is 0 Å². The van der Waals surface area contributed by atoms with Crippen molar-refractivity contribution in [1.82, 2.24) is 0 Å². The maximum Gasteiger partial charge on any atom is 0.402 e. The summed E-state index contributed by atoms with van der Waals surface area (Å²) in [6.07, 6.45) is -4.51. The van der Waals surface area contributed by atoms with Crippen LogP contribution in [-0.2, 0) is 5.41 Å². The molecular formula is C29H19F3N2. The standard InChI is InChI=1S/C29H19F3N2/c1-28(29(30,31)32,25-13-7-22(8-14-25)21-5-3-20(19-33)4-6-21)26-15-9-23(10-16-26)24-11-17-27(34-2)18-12-24/h3-18H,1H3. The number of rotatable bonds is 4. The Morgan fingerprint density at radius 2 is 1.00 bits per heavy atom. The lowest BCUT2D eigenvalue weighted by Crippen LogP contribution is -2.40. The number of hydrogen-bond donors (Lipinski definition) is 0. The average molecular weight is 452 g/mol. The van der Waals surface area contributed by atoms with Gasteiger partial charge in [0.25, 0.3) is 0 Å². The summed E-state index contributed by atoms with van der Waals surface area (Å²) in [6, 6.07) is 28.7. The van der Waals surface area contributed by atoms with Gasteiger partial charge >= 0.3 is 6.18 Å². The Morgan fingerprint density at radius 1 is 0.647 bits per heavy atom. The highest BCUT2D eigenvalue weighted by molar-refractivity contribution is 5.68. The van der Waals surface area contributed by atoms with Crippen LogP contribution in [0.2, 0.25) is 0 Å². The highest BCUT2D eigenvalue weighted by Gasteiger charge is 2.53. The molecule has 34 heavy (non-hydrogen) atoms. The summed E-state index contributed by atoms with van der Waals surface area (Å²) >= 11 is 0. The van der Waals surface area contributed by atoms with E-state index in [-0.39, 0.29) is 11.1 Å². The minimum Gasteiger partial charge on any atom is -0.238 e. The molecule has 4 aromatic rings. The van der Waals surface area contributed by atoms with Crippen molar-refractivity contribution in [3.63, 3.8) is 0 Å². The van der Waals surface area contributed by atoms with Gasteiger partial charge in [0.05, 0.1) is 18.2 Å². The molecule has 0 aromatic heterocycles. The first-order chi connectivity index (χ1) is 16.3. The average Bonchev–Trinajstić information content (AvgIpc) is 2.88. The molecule has 0 bridgehead atoms. The van der Waals surface area contributed by atoms with Crippen molar-refractivity contribution in [1.29, 1.82) is 5.26 Å². The molecule has 0 amide bonds. The SMILES string of the molecule is [C-]#[N+]c1ccc(-c2ccc(C(C)(c3ccc(-c4ccc(C#N)cc4)cc3)C(F)(F)F)cc2)cc1. The van der Waals surface area contributed by atoms with Crippen LogP contribution < -0.4 is 0 Å². The van der Waals surface area contributed by atoms with Crippen LogP contribution >= 0.6 is 0 Å². The summed E-state index contributed by atoms with van der Waals surface area (Å²) in [7, 11) is 0. The highest BCUT2D eigenvalue weighted by atomic mass is 19.4. The number of benzene rings is 4. The topological polar surface area (TPSA) is 28.1 Å². The van der Waals surface area contributed by atoms with Crippen molar-refractivity contribution in [3.05, 3.63) is 125 Å². The molecule has 0 aliphatic rings. The molecular weight excluding hydrogens is 433 g/mol. The van der Waals surface area contributed by atoms with Gasteiger partial charge in [0.2, 0.25) is 0 Å². The highest BCUT2D eigenvalue weighted by Crippen LogP contribution is 2.46. The summed E-state index contributed by atoms with van der Waals surface area (Å²) in [4.78, 5) is 3.36. The second-order valence-electron chi connectivity index (χ2n) is 8.13. The molecule has 0 saturated heterocycles. The minimum absolute atomic E-state index is 0.145. The Labute approximate surface area is 196 Å². The Bertz CT molecular complexity index is 1270. The smallest absolute Gasteiger partial charge is 0.238 e. The second-order valence-corrected chi connectivity index (χ2v) is 8.13. The zero-order valence-electron chi connectivity index (χ0n) is 18.3. The van der Waals surface area contributed by atoms with Gasteiger partial charge in [0, 0.05) is 0 Å². The molecule has 0 aliphatic heterocycles. The number of nitrogens with zero attached hydrogens (tertiary/aromatic N) is 2. The molecule has 1 unspecified atom stereocenters. The fourth-order valence-corrected chi connectivity index (χ4v) is 3.95. The lowest BCUT2D eigenvalue weighted by Gasteiger charge is -2.33. The third kappa shape index (κ3) is 4.17. The Hall–Kier alpha value is -4.35. The lowest BCUT2D eigenvalue weighted by molar-refractivity contribution is -0.173. The zero-order chi connectivity index (χ0) is 24.3. The van der Waals surface area contributed by atoms with E-state index in [1.165, 1.54) is 31.2 Å². The van der Waals surface area contributed by atoms with Crippen LogP contribution in [0.5, 0.6) is 0 Å². The van der Waals surface area contributed by atoms with Gasteiger partial charge in [0.15, 0.2) is 5.69 Å². The van der Waals surface area contributed by atoms with Crippen LogP contribution in [0.3, 0.4) is 0 Å². The third-order valence-electron chi connectivity index (χ3n) is 6.17. The number of nitriles is 1. The predicted octanol–water partition coefficient (Wildman–Crippen LogP) is 8.31. The van der Waals surface area contributed by atoms with Crippen molar-refractivity contribution in [2.45, 2.75) is 18.5 Å². The minimum atomic E-state index is -4.51. The Morgan fingerprint density at radius 3 is 1.32 bits per heavy atom. The Kier molecular flexibility index (Phi) is 5.97. The van der Waals surface area contributed by atoms with Gasteiger partial charge in [-0.1, -0.05) is 84.9 Å². The van der Waals surface area contributed by atoms with Crippen molar-refractivity contribution < 1.29 is 13.2 Å². The summed E-state index contributed by atoms with van der Waals surface area (Å²) in [5.41, 5.74) is 2.34. The first-order valence-corrected chi connectivity index (χ1v) is 10.5. The molecule has 166 valence electrons. The molecule has 2 nitrogen and oxygen atoms in total. The number of halogens is 3. The van der Waals surface area contributed by atoms with Crippen LogP contribution in [0.1, 0.15) is 23.6 Å². The molecule has 0 fully saturated rings. The lowest BCUT2D eigenvalue weighted by atomic mass is 9.75. The molecule has 0 spiro atoms. The van der Waals surface area contributed by atoms with E-state index in [0.717, 1.165) is 22.3 Å². The van der Waals surface area contributed by atoms with E-state index < -0.39 is 11.6 Å². The Balaban J connectivity index is 1.69. The van der Waals surface area contributed by atoms with Gasteiger partial charge < -0.3 is 0 Å². The van der Waals surface area contributed by atoms with Crippen LogP contribution in [-0.4, -0.2) is 6.18 Å². The van der Waals surface area contributed by atoms with Crippen LogP contribution in [0, 0.1) is 17.9 Å². The van der Waals surface area contributed by atoms with Crippen molar-refractivity contribution in [2.75, 3.05) is 0 Å². The summed E-state index contributed by atoms with van der Waals surface area (Å²) in [5.74, 6) is 0. The first kappa shape index (κ1) is 22.8. The summed E-state index contributed by atoms with van der Waals surface area (Å²) < 4.78 is 43.3. The van der Waals surface area contributed by atoms with E-state index in [4.69, 9.17) is 11.8 Å². The quantitative estimate of drug-likeness (QED) is 0.286. The molecule has 0 heterocycles. The summed E-state index contributed by atoms with van der Waals surface area (Å²) in [5, 5.41) is 8.95. The molecule has 0 N–H and O–H groups in total. The molecule has 5 heteroatoms. The molecule has 1 atom stereocenters. The summed E-state index contributed by atoms with van der Waals surface area (Å²) in [6.45, 7) is 8.24. The van der Waals surface area contributed by atoms with Gasteiger partial charge in [-0.25, -0.2) is 4.85 Å². The fraction of sp³-hybridized carbons (Fsp3) is 0.103. The number of hydrogen-bond acceptors (Lipinski definition) is 1. The largest absolute Gasteiger partial charge is 0.402 e. The van der Waals surface area contributed by atoms with E-state index in [1.807, 2.05) is 0 Å². The molecule has 0 aliphatic carbocycles. The van der Waals surface area contributed by atoms with Crippen molar-refractivity contribution in [2.24, 2.45) is 0 Å². The monoisotopic (exact) mass is 452 g/mol. The van der Waals surface area contributed by atoms with Crippen LogP contribution in [0.25, 0.3) is 27.1 Å². The molecule has 4 rings (SSSR count). The molecule has 0 saturated carbocycles. The zero-order valence-corrected chi connectivity index (χ0v) is 18.3. The number of alkyl halides is 3. The maximum atomic E-state index is 14.4. The predicted molar refractivity (Wildman–Crippen MR) is 127 cm³/mol. The van der Waals surface area contributed by atoms with E-state index in [9.17, 15) is 13.2 Å². The molecule has 4 aromatic carbocycles. The van der Waals surface area contributed by atoms with E-state index >= 15 is 0 Å². The van der Waals surface area contributed by atoms with Gasteiger partial charge in [-0.05, 0) is 52.4 Å². The molecule has 0 radical (unpaired) electrons. The second kappa shape index (κ2) is 8.89. The van der Waals surface area contributed by atoms with Gasteiger partial charge in [-0.15, -0.1) is 0 Å². The third-order valence-corrected chi connectivity index (χ3v) is 6.17. The first-order valence-electron chi connectivity index (χ1n) is 10.5. The van der Waals surface area contributed by atoms with Crippen molar-refractivity contribution in [3.8, 4) is 28.3 Å². The fourth-order valence-electron chi connectivity index (χ4n) is 3.95. The van der Waals surface area contributed by atoms with Crippen LogP contribution in [0.4, 0.5) is 18.9 Å². The van der Waals surface area contributed by atoms with Crippen LogP contribution in [0.15, 0.2) is 97.1 Å². The van der Waals surface area contributed by atoms with E-state index in [0.29, 0.717) is 11.3 Å².